The van der Waals surface area contributed by atoms with Crippen LogP contribution in [-0.4, -0.2) is 111 Å². The van der Waals surface area contributed by atoms with Crippen LogP contribution < -0.4 is 0 Å². The number of hydrogen-bond acceptors (Lipinski definition) is 19. The van der Waals surface area contributed by atoms with Gasteiger partial charge in [-0.3, -0.25) is 19.6 Å². The van der Waals surface area contributed by atoms with E-state index in [1.807, 2.05) is 266 Å². The normalized spacial score (nSPS) is 7.72. The third kappa shape index (κ3) is 79.5. The second kappa shape index (κ2) is 86.9. The van der Waals surface area contributed by atoms with Crippen molar-refractivity contribution in [3.05, 3.63) is 207 Å². The highest BCUT2D eigenvalue weighted by Gasteiger charge is 1.90. The summed E-state index contributed by atoms with van der Waals surface area (Å²) in [6.45, 7) is 57.8. The number of hydrogen-bond donors (Lipinski definition) is 3. The fourth-order valence-electron chi connectivity index (χ4n) is 3.75. The Morgan fingerprint density at radius 3 is 0.911 bits per heavy atom. The van der Waals surface area contributed by atoms with E-state index in [0.717, 1.165) is 39.9 Å². The Morgan fingerprint density at radius 1 is 0.356 bits per heavy atom. The number of aromatic nitrogens is 22. The molecular weight excluding hydrogens is 1170 g/mol. The Kier molecular flexibility index (Phi) is 97.0. The van der Waals surface area contributed by atoms with Gasteiger partial charge in [-0.2, -0.15) is 71.4 Å². The van der Waals surface area contributed by atoms with Crippen molar-refractivity contribution in [2.24, 2.45) is 14.1 Å². The van der Waals surface area contributed by atoms with Gasteiger partial charge in [-0.05, 0) is 130 Å². The minimum atomic E-state index is 0.926. The van der Waals surface area contributed by atoms with Crippen molar-refractivity contribution in [3.8, 4) is 0 Å². The van der Waals surface area contributed by atoms with Crippen molar-refractivity contribution in [2.45, 2.75) is 201 Å². The molecule has 0 spiro atoms. The standard InChI is InChI=1S/3C6H7N.C5H6N2.2C5H7NS.5C3H5N3.9C2H6/c1-6-2-4-7-5-3-6;1-6-3-2-4-7-5-6;1-6-4-2-3-5-7-6;1-5-3-2-4-6-7-5;2*1-4-5(2)7-3-6-4;1-6-3-2-4-5-6;1-6-4-2-3-5-6;3*1-3-2-4-6-5-3;9*1-2/h3*2-5H,1H3;2-4H,1H3;2*3H,1-2H3;2*2-3H,1H3;3*2H,1H3,(H,4,5,6);9*1-2H3. The Morgan fingerprint density at radius 2 is 0.778 bits per heavy atom. The molecule has 506 valence electrons. The molecule has 0 aliphatic heterocycles. The van der Waals surface area contributed by atoms with Gasteiger partial charge in [0.2, 0.25) is 0 Å². The summed E-state index contributed by atoms with van der Waals surface area (Å²) in [5, 5.41) is 51.0. The molecule has 0 unspecified atom stereocenters. The topological polar surface area (TPSA) is 276 Å². The number of nitrogens with one attached hydrogen (secondary N) is 3. The van der Waals surface area contributed by atoms with Crippen molar-refractivity contribution < 1.29 is 0 Å². The van der Waals surface area contributed by atoms with Gasteiger partial charge in [0.15, 0.2) is 0 Å². The summed E-state index contributed by atoms with van der Waals surface area (Å²) in [4.78, 5) is 23.9. The fourth-order valence-corrected chi connectivity index (χ4v) is 4.93. The largest absolute Gasteiger partial charge is 0.265 e. The predicted molar refractivity (Wildman–Crippen MR) is 384 cm³/mol. The highest BCUT2D eigenvalue weighted by Crippen LogP contribution is 2.08. The molecule has 24 heteroatoms. The molecule has 11 rings (SSSR count). The van der Waals surface area contributed by atoms with Crippen LogP contribution in [0.4, 0.5) is 0 Å². The number of nitrogens with zero attached hydrogens (tertiary/aromatic N) is 19. The number of rotatable bonds is 0. The lowest BCUT2D eigenvalue weighted by Gasteiger charge is -1.82. The average Bonchev–Trinajstić information content (AvgIpc) is 4.70. The second-order valence-corrected chi connectivity index (χ2v) is 16.4. The molecule has 3 N–H and O–H groups in total. The molecule has 0 radical (unpaired) electrons. The van der Waals surface area contributed by atoms with E-state index >= 15 is 0 Å². The highest BCUT2D eigenvalue weighted by atomic mass is 32.1. The third-order valence-electron chi connectivity index (χ3n) is 7.83. The van der Waals surface area contributed by atoms with Crippen molar-refractivity contribution >= 4 is 22.7 Å². The first-order valence-electron chi connectivity index (χ1n) is 30.8. The van der Waals surface area contributed by atoms with Crippen molar-refractivity contribution in [2.75, 3.05) is 0 Å². The molecular formula is C66H120N22S2. The number of pyridine rings is 3. The number of aryl methyl sites for hydroxylation is 13. The average molecular weight is 1290 g/mol. The quantitative estimate of drug-likeness (QED) is 0.127. The minimum absolute atomic E-state index is 0.926. The Hall–Kier alpha value is -8.51. The SMILES string of the molecule is CC.CC.CC.CC.CC.CC.CC.CC.CC.Cc1ccccn1.Cc1cccnc1.Cc1cccnn1.Cc1ccncc1.Cc1cn[nH]n1.Cc1cn[nH]n1.Cc1cn[nH]n1.Cc1ncsc1C.Cc1ncsc1C.Cn1ccnn1.Cn1nccn1. The van der Waals surface area contributed by atoms with Crippen LogP contribution in [0.2, 0.25) is 0 Å². The molecule has 22 nitrogen and oxygen atoms in total. The van der Waals surface area contributed by atoms with Crippen molar-refractivity contribution in [1.29, 1.82) is 0 Å². The minimum Gasteiger partial charge on any atom is -0.265 e. The maximum absolute atomic E-state index is 4.03. The molecule has 0 atom stereocenters. The van der Waals surface area contributed by atoms with Crippen LogP contribution in [0, 0.1) is 76.2 Å². The van der Waals surface area contributed by atoms with Crippen LogP contribution >= 0.6 is 22.7 Å². The van der Waals surface area contributed by atoms with E-state index in [2.05, 4.69) is 116 Å². The molecule has 0 aliphatic rings. The molecule has 0 bridgehead atoms. The lowest BCUT2D eigenvalue weighted by molar-refractivity contribution is 0.654. The van der Waals surface area contributed by atoms with Crippen molar-refractivity contribution in [1.82, 2.24) is 111 Å². The first-order valence-corrected chi connectivity index (χ1v) is 32.6. The number of aromatic amines is 3. The van der Waals surface area contributed by atoms with E-state index < -0.39 is 0 Å². The number of H-pyrrole nitrogens is 3. The third-order valence-corrected chi connectivity index (χ3v) is 9.55. The molecule has 0 saturated heterocycles. The van der Waals surface area contributed by atoms with Crippen LogP contribution in [-0.2, 0) is 14.1 Å². The zero-order chi connectivity index (χ0) is 71.0. The molecule has 0 fully saturated rings. The van der Waals surface area contributed by atoms with E-state index in [1.54, 1.807) is 109 Å². The molecule has 0 aromatic carbocycles. The second-order valence-electron chi connectivity index (χ2n) is 14.3. The highest BCUT2D eigenvalue weighted by molar-refractivity contribution is 7.09. The van der Waals surface area contributed by atoms with Gasteiger partial charge in [0.05, 0.1) is 82.4 Å². The van der Waals surface area contributed by atoms with E-state index in [-0.39, 0.29) is 0 Å². The molecule has 90 heavy (non-hydrogen) atoms. The van der Waals surface area contributed by atoms with Gasteiger partial charge in [0.1, 0.15) is 0 Å². The summed E-state index contributed by atoms with van der Waals surface area (Å²) < 4.78 is 1.64. The monoisotopic (exact) mass is 1280 g/mol. The Balaban J connectivity index is -0.000000112. The van der Waals surface area contributed by atoms with Crippen LogP contribution in [0.5, 0.6) is 0 Å². The molecule has 0 amide bonds. The molecule has 11 heterocycles. The molecule has 11 aromatic heterocycles. The van der Waals surface area contributed by atoms with Gasteiger partial charge in [-0.1, -0.05) is 142 Å². The van der Waals surface area contributed by atoms with Crippen LogP contribution in [0.3, 0.4) is 0 Å². The van der Waals surface area contributed by atoms with E-state index in [0.29, 0.717) is 0 Å². The van der Waals surface area contributed by atoms with Gasteiger partial charge >= 0.3 is 0 Å². The number of thiazole rings is 2. The van der Waals surface area contributed by atoms with Gasteiger partial charge < -0.3 is 0 Å². The Labute approximate surface area is 553 Å². The maximum atomic E-state index is 4.03. The van der Waals surface area contributed by atoms with Gasteiger partial charge in [-0.25, -0.2) is 9.97 Å². The van der Waals surface area contributed by atoms with E-state index in [9.17, 15) is 0 Å². The van der Waals surface area contributed by atoms with Gasteiger partial charge in [-0.15, -0.1) is 27.8 Å². The first-order chi connectivity index (χ1) is 43.7. The molecule has 0 saturated carbocycles. The predicted octanol–water partition coefficient (Wildman–Crippen LogP) is 17.7. The Bertz CT molecular complexity index is 2350. The molecule has 0 aliphatic carbocycles. The lowest BCUT2D eigenvalue weighted by atomic mass is 10.3. The maximum Gasteiger partial charge on any atom is 0.0797 e. The first kappa shape index (κ1) is 100. The summed E-state index contributed by atoms with van der Waals surface area (Å²) in [6.07, 6.45) is 22.3. The fraction of sp³-hybridized carbons (Fsp3) is 0.470. The van der Waals surface area contributed by atoms with Gasteiger partial charge in [0.25, 0.3) is 0 Å². The van der Waals surface area contributed by atoms with Crippen LogP contribution in [0.1, 0.15) is 185 Å². The van der Waals surface area contributed by atoms with E-state index in [4.69, 9.17) is 0 Å². The zero-order valence-corrected chi connectivity index (χ0v) is 62.8. The lowest BCUT2D eigenvalue weighted by Crippen LogP contribution is -1.89. The summed E-state index contributed by atoms with van der Waals surface area (Å²) in [6, 6.07) is 17.5. The van der Waals surface area contributed by atoms with Gasteiger partial charge in [0, 0.05) is 72.9 Å². The van der Waals surface area contributed by atoms with Crippen LogP contribution in [0.25, 0.3) is 0 Å². The van der Waals surface area contributed by atoms with Crippen LogP contribution in [0.15, 0.2) is 146 Å². The summed E-state index contributed by atoms with van der Waals surface area (Å²) >= 11 is 3.39. The summed E-state index contributed by atoms with van der Waals surface area (Å²) in [7, 11) is 3.60. The summed E-state index contributed by atoms with van der Waals surface area (Å²) in [5.41, 5.74) is 13.3. The smallest absolute Gasteiger partial charge is 0.0797 e. The van der Waals surface area contributed by atoms with Crippen molar-refractivity contribution in [3.63, 3.8) is 0 Å². The summed E-state index contributed by atoms with van der Waals surface area (Å²) in [5.74, 6) is 0. The van der Waals surface area contributed by atoms with E-state index in [1.165, 1.54) is 25.7 Å². The zero-order valence-electron chi connectivity index (χ0n) is 61.2. The molecule has 11 aromatic rings.